The summed E-state index contributed by atoms with van der Waals surface area (Å²) in [6, 6.07) is 2.84. The van der Waals surface area contributed by atoms with Gasteiger partial charge in [-0.3, -0.25) is 9.69 Å². The lowest BCUT2D eigenvalue weighted by atomic mass is 10.1. The van der Waals surface area contributed by atoms with Crippen LogP contribution in [0.15, 0.2) is 18.2 Å². The molecule has 1 aromatic rings. The van der Waals surface area contributed by atoms with Crippen molar-refractivity contribution in [1.29, 1.82) is 0 Å². The van der Waals surface area contributed by atoms with Crippen LogP contribution in [0, 0.1) is 11.6 Å². The van der Waals surface area contributed by atoms with Crippen molar-refractivity contribution in [2.24, 2.45) is 0 Å². The second kappa shape index (κ2) is 6.08. The van der Waals surface area contributed by atoms with Gasteiger partial charge in [-0.25, -0.2) is 8.78 Å². The lowest BCUT2D eigenvalue weighted by molar-refractivity contribution is 0.0614. The fraction of sp³-hybridized carbons (Fsp3) is 0.462. The number of hydrogen-bond donors (Lipinski definition) is 1. The Labute approximate surface area is 110 Å². The molecule has 0 bridgehead atoms. The first kappa shape index (κ1) is 13.9. The van der Waals surface area contributed by atoms with Gasteiger partial charge in [0.15, 0.2) is 0 Å². The maximum atomic E-state index is 13.1. The van der Waals surface area contributed by atoms with E-state index in [4.69, 9.17) is 5.11 Å². The van der Waals surface area contributed by atoms with Gasteiger partial charge in [0.1, 0.15) is 11.6 Å². The van der Waals surface area contributed by atoms with Crippen LogP contribution in [0.5, 0.6) is 0 Å². The van der Waals surface area contributed by atoms with Crippen molar-refractivity contribution in [3.8, 4) is 0 Å². The van der Waals surface area contributed by atoms with Crippen LogP contribution in [0.25, 0.3) is 0 Å². The first-order valence-electron chi connectivity index (χ1n) is 6.19. The van der Waals surface area contributed by atoms with Crippen LogP contribution < -0.4 is 0 Å². The predicted octanol–water partition coefficient (Wildman–Crippen LogP) is 0.715. The summed E-state index contributed by atoms with van der Waals surface area (Å²) in [5, 5.41) is 8.83. The van der Waals surface area contributed by atoms with Gasteiger partial charge in [0.25, 0.3) is 5.91 Å². The van der Waals surface area contributed by atoms with Crippen molar-refractivity contribution in [1.82, 2.24) is 9.80 Å². The van der Waals surface area contributed by atoms with Crippen molar-refractivity contribution in [2.75, 3.05) is 39.3 Å². The average Bonchev–Trinajstić information content (AvgIpc) is 2.38. The van der Waals surface area contributed by atoms with E-state index in [2.05, 4.69) is 0 Å². The molecule has 1 amide bonds. The fourth-order valence-corrected chi connectivity index (χ4v) is 2.18. The molecule has 0 radical (unpaired) electrons. The van der Waals surface area contributed by atoms with Crippen LogP contribution in [0.3, 0.4) is 0 Å². The molecule has 1 aliphatic heterocycles. The molecule has 19 heavy (non-hydrogen) atoms. The van der Waals surface area contributed by atoms with Gasteiger partial charge in [-0.1, -0.05) is 0 Å². The van der Waals surface area contributed by atoms with Gasteiger partial charge in [0.2, 0.25) is 0 Å². The van der Waals surface area contributed by atoms with Crippen LogP contribution in [0.1, 0.15) is 10.4 Å². The monoisotopic (exact) mass is 270 g/mol. The van der Waals surface area contributed by atoms with Crippen molar-refractivity contribution in [3.05, 3.63) is 35.4 Å². The van der Waals surface area contributed by atoms with Gasteiger partial charge >= 0.3 is 0 Å². The Balaban J connectivity index is 2.01. The number of nitrogens with zero attached hydrogens (tertiary/aromatic N) is 2. The summed E-state index contributed by atoms with van der Waals surface area (Å²) in [4.78, 5) is 15.7. The highest BCUT2D eigenvalue weighted by Gasteiger charge is 2.22. The number of β-amino-alcohol motifs (C(OH)–C–C–N with tert-alkyl or cyclic N) is 1. The lowest BCUT2D eigenvalue weighted by Crippen LogP contribution is -2.49. The number of benzene rings is 1. The third-order valence-electron chi connectivity index (χ3n) is 3.19. The molecule has 0 atom stereocenters. The number of piperazine rings is 1. The van der Waals surface area contributed by atoms with E-state index in [1.165, 1.54) is 0 Å². The van der Waals surface area contributed by atoms with Gasteiger partial charge in [-0.2, -0.15) is 0 Å². The Hall–Kier alpha value is -1.53. The van der Waals surface area contributed by atoms with E-state index in [0.717, 1.165) is 18.2 Å². The zero-order valence-corrected chi connectivity index (χ0v) is 10.5. The first-order valence-corrected chi connectivity index (χ1v) is 6.19. The third kappa shape index (κ3) is 3.48. The van der Waals surface area contributed by atoms with Crippen LogP contribution in [-0.4, -0.2) is 60.1 Å². The molecule has 0 aliphatic carbocycles. The molecule has 6 heteroatoms. The highest BCUT2D eigenvalue weighted by molar-refractivity contribution is 5.94. The Morgan fingerprint density at radius 1 is 1.11 bits per heavy atom. The number of carbonyl (C=O) groups is 1. The van der Waals surface area contributed by atoms with Crippen molar-refractivity contribution in [3.63, 3.8) is 0 Å². The van der Waals surface area contributed by atoms with E-state index in [0.29, 0.717) is 32.7 Å². The highest BCUT2D eigenvalue weighted by atomic mass is 19.1. The summed E-state index contributed by atoms with van der Waals surface area (Å²) in [5.41, 5.74) is 0.0353. The molecule has 1 aliphatic rings. The molecule has 1 saturated heterocycles. The van der Waals surface area contributed by atoms with Crippen LogP contribution in [0.2, 0.25) is 0 Å². The molecule has 2 rings (SSSR count). The predicted molar refractivity (Wildman–Crippen MR) is 65.8 cm³/mol. The normalized spacial score (nSPS) is 16.7. The van der Waals surface area contributed by atoms with E-state index in [-0.39, 0.29) is 18.1 Å². The molecule has 0 spiro atoms. The van der Waals surface area contributed by atoms with Gasteiger partial charge in [0.05, 0.1) is 6.61 Å². The lowest BCUT2D eigenvalue weighted by Gasteiger charge is -2.34. The van der Waals surface area contributed by atoms with Crippen molar-refractivity contribution >= 4 is 5.91 Å². The van der Waals surface area contributed by atoms with Gasteiger partial charge in [-0.05, 0) is 12.1 Å². The number of aliphatic hydroxyl groups is 1. The van der Waals surface area contributed by atoms with E-state index in [1.54, 1.807) is 4.90 Å². The van der Waals surface area contributed by atoms with E-state index >= 15 is 0 Å². The van der Waals surface area contributed by atoms with Crippen molar-refractivity contribution in [2.45, 2.75) is 0 Å². The van der Waals surface area contributed by atoms with Crippen LogP contribution in [-0.2, 0) is 0 Å². The number of halogens is 2. The molecule has 1 aromatic carbocycles. The summed E-state index contributed by atoms with van der Waals surface area (Å²) < 4.78 is 26.1. The zero-order chi connectivity index (χ0) is 13.8. The maximum absolute atomic E-state index is 13.1. The molecule has 4 nitrogen and oxygen atoms in total. The minimum absolute atomic E-state index is 0.0353. The number of amides is 1. The van der Waals surface area contributed by atoms with Gasteiger partial charge < -0.3 is 10.0 Å². The molecule has 1 fully saturated rings. The summed E-state index contributed by atoms with van der Waals surface area (Å²) in [7, 11) is 0. The highest BCUT2D eigenvalue weighted by Crippen LogP contribution is 2.12. The SMILES string of the molecule is O=C(c1cc(F)cc(F)c1)N1CCN(CCO)CC1. The van der Waals surface area contributed by atoms with E-state index < -0.39 is 11.6 Å². The van der Waals surface area contributed by atoms with Crippen LogP contribution >= 0.6 is 0 Å². The molecule has 1 N–H and O–H groups in total. The summed E-state index contributed by atoms with van der Waals surface area (Å²) >= 11 is 0. The average molecular weight is 270 g/mol. The number of rotatable bonds is 3. The number of aliphatic hydroxyl groups excluding tert-OH is 1. The molecular formula is C13H16F2N2O2. The van der Waals surface area contributed by atoms with Gasteiger partial charge in [-0.15, -0.1) is 0 Å². The largest absolute Gasteiger partial charge is 0.395 e. The summed E-state index contributed by atoms with van der Waals surface area (Å²) in [6.45, 7) is 2.97. The molecular weight excluding hydrogens is 254 g/mol. The van der Waals surface area contributed by atoms with Gasteiger partial charge in [0, 0.05) is 44.4 Å². The summed E-state index contributed by atoms with van der Waals surface area (Å²) in [6.07, 6.45) is 0. The standard InChI is InChI=1S/C13H16F2N2O2/c14-11-7-10(8-12(15)9-11)13(19)17-3-1-16(2-4-17)5-6-18/h7-9,18H,1-6H2. The molecule has 0 saturated carbocycles. The minimum Gasteiger partial charge on any atom is -0.395 e. The molecule has 0 unspecified atom stereocenters. The minimum atomic E-state index is -0.748. The van der Waals surface area contributed by atoms with E-state index in [9.17, 15) is 13.6 Å². The Morgan fingerprint density at radius 2 is 1.68 bits per heavy atom. The smallest absolute Gasteiger partial charge is 0.254 e. The second-order valence-corrected chi connectivity index (χ2v) is 4.52. The Kier molecular flexibility index (Phi) is 4.44. The van der Waals surface area contributed by atoms with Crippen LogP contribution in [0.4, 0.5) is 8.78 Å². The molecule has 1 heterocycles. The first-order chi connectivity index (χ1) is 9.10. The molecule has 104 valence electrons. The summed E-state index contributed by atoms with van der Waals surface area (Å²) in [5.74, 6) is -1.86. The maximum Gasteiger partial charge on any atom is 0.254 e. The Morgan fingerprint density at radius 3 is 2.21 bits per heavy atom. The quantitative estimate of drug-likeness (QED) is 0.880. The molecule has 0 aromatic heterocycles. The zero-order valence-electron chi connectivity index (χ0n) is 10.5. The topological polar surface area (TPSA) is 43.8 Å². The third-order valence-corrected chi connectivity index (χ3v) is 3.19. The number of hydrogen-bond acceptors (Lipinski definition) is 3. The second-order valence-electron chi connectivity index (χ2n) is 4.52. The fourth-order valence-electron chi connectivity index (χ4n) is 2.18. The van der Waals surface area contributed by atoms with E-state index in [1.807, 2.05) is 4.90 Å². The Bertz CT molecular complexity index is 440. The van der Waals surface area contributed by atoms with Crippen molar-refractivity contribution < 1.29 is 18.7 Å². The number of carbonyl (C=O) groups excluding carboxylic acids is 1.